The maximum Gasteiger partial charge on any atom is 0.251 e. The zero-order valence-corrected chi connectivity index (χ0v) is 12.8. The summed E-state index contributed by atoms with van der Waals surface area (Å²) in [6.07, 6.45) is 1.83. The van der Waals surface area contributed by atoms with Crippen LogP contribution in [-0.4, -0.2) is 39.6 Å². The summed E-state index contributed by atoms with van der Waals surface area (Å²) in [7, 11) is -3.46. The Hall–Kier alpha value is -2.09. The smallest absolute Gasteiger partial charge is 0.251 e. The molecule has 0 bridgehead atoms. The van der Waals surface area contributed by atoms with Crippen LogP contribution in [0.3, 0.4) is 0 Å². The first-order valence-electron chi connectivity index (χ1n) is 6.39. The summed E-state index contributed by atoms with van der Waals surface area (Å²) < 4.78 is 23.0. The van der Waals surface area contributed by atoms with Crippen molar-refractivity contribution in [2.45, 2.75) is 18.2 Å². The van der Waals surface area contributed by atoms with E-state index in [-0.39, 0.29) is 28.6 Å². The third-order valence-electron chi connectivity index (χ3n) is 2.60. The number of nitrogens with two attached hydrogens (primary N) is 1. The van der Waals surface area contributed by atoms with Crippen molar-refractivity contribution < 1.29 is 18.0 Å². The summed E-state index contributed by atoms with van der Waals surface area (Å²) in [5.41, 5.74) is 5.85. The normalized spacial score (nSPS) is 11.0. The van der Waals surface area contributed by atoms with E-state index in [1.807, 2.05) is 6.92 Å². The fourth-order valence-electron chi connectivity index (χ4n) is 1.56. The van der Waals surface area contributed by atoms with Crippen LogP contribution >= 0.6 is 0 Å². The molecule has 0 saturated carbocycles. The standard InChI is InChI=1S/C13H19N3O4S/c1-3-4-15-12(17)8-16-13(18)9-5-10(14)7-11(6-9)21(2,19)20/h5-7H,3-4,8,14H2,1-2H3,(H,15,17)(H,16,18). The molecule has 0 aromatic heterocycles. The van der Waals surface area contributed by atoms with Gasteiger partial charge >= 0.3 is 0 Å². The van der Waals surface area contributed by atoms with Crippen molar-refractivity contribution >= 4 is 27.3 Å². The average Bonchev–Trinajstić information content (AvgIpc) is 2.40. The first kappa shape index (κ1) is 17.0. The zero-order valence-electron chi connectivity index (χ0n) is 12.0. The Balaban J connectivity index is 2.79. The lowest BCUT2D eigenvalue weighted by Gasteiger charge is -2.08. The second kappa shape index (κ2) is 7.07. The van der Waals surface area contributed by atoms with E-state index in [2.05, 4.69) is 10.6 Å². The first-order valence-corrected chi connectivity index (χ1v) is 8.28. The maximum atomic E-state index is 11.9. The van der Waals surface area contributed by atoms with Gasteiger partial charge < -0.3 is 16.4 Å². The number of benzene rings is 1. The van der Waals surface area contributed by atoms with Gasteiger partial charge in [-0.3, -0.25) is 9.59 Å². The maximum absolute atomic E-state index is 11.9. The molecule has 1 aromatic carbocycles. The Morgan fingerprint density at radius 2 is 1.86 bits per heavy atom. The van der Waals surface area contributed by atoms with Gasteiger partial charge in [-0.05, 0) is 24.6 Å². The van der Waals surface area contributed by atoms with Crippen molar-refractivity contribution in [3.05, 3.63) is 23.8 Å². The van der Waals surface area contributed by atoms with Crippen molar-refractivity contribution in [1.82, 2.24) is 10.6 Å². The van der Waals surface area contributed by atoms with E-state index in [0.29, 0.717) is 6.54 Å². The molecule has 0 aliphatic rings. The summed E-state index contributed by atoms with van der Waals surface area (Å²) in [4.78, 5) is 23.3. The van der Waals surface area contributed by atoms with E-state index < -0.39 is 15.7 Å². The highest BCUT2D eigenvalue weighted by Gasteiger charge is 2.14. The predicted molar refractivity (Wildman–Crippen MR) is 79.6 cm³/mol. The minimum Gasteiger partial charge on any atom is -0.399 e. The number of hydrogen-bond donors (Lipinski definition) is 3. The third kappa shape index (κ3) is 5.42. The molecule has 0 fully saturated rings. The number of sulfone groups is 1. The van der Waals surface area contributed by atoms with Crippen molar-refractivity contribution in [3.63, 3.8) is 0 Å². The third-order valence-corrected chi connectivity index (χ3v) is 3.69. The van der Waals surface area contributed by atoms with Gasteiger partial charge in [-0.25, -0.2) is 8.42 Å². The van der Waals surface area contributed by atoms with Gasteiger partial charge in [-0.2, -0.15) is 0 Å². The van der Waals surface area contributed by atoms with Gasteiger partial charge in [0.1, 0.15) is 0 Å². The van der Waals surface area contributed by atoms with E-state index in [1.165, 1.54) is 18.2 Å². The number of nitrogens with one attached hydrogen (secondary N) is 2. The Labute approximate surface area is 123 Å². The van der Waals surface area contributed by atoms with Crippen LogP contribution in [0.5, 0.6) is 0 Å². The number of carbonyl (C=O) groups excluding carboxylic acids is 2. The number of anilines is 1. The molecule has 0 radical (unpaired) electrons. The van der Waals surface area contributed by atoms with Crippen LogP contribution in [0.4, 0.5) is 5.69 Å². The summed E-state index contributed by atoms with van der Waals surface area (Å²) in [6.45, 7) is 2.27. The fraction of sp³-hybridized carbons (Fsp3) is 0.385. The van der Waals surface area contributed by atoms with E-state index in [4.69, 9.17) is 5.73 Å². The largest absolute Gasteiger partial charge is 0.399 e. The summed E-state index contributed by atoms with van der Waals surface area (Å²) in [5.74, 6) is -0.865. The molecule has 116 valence electrons. The number of nitrogen functional groups attached to an aromatic ring is 1. The number of carbonyl (C=O) groups is 2. The van der Waals surface area contributed by atoms with Crippen molar-refractivity contribution in [1.29, 1.82) is 0 Å². The molecule has 1 aromatic rings. The Morgan fingerprint density at radius 1 is 1.19 bits per heavy atom. The summed E-state index contributed by atoms with van der Waals surface area (Å²) in [6, 6.07) is 3.86. The van der Waals surface area contributed by atoms with Gasteiger partial charge in [0.15, 0.2) is 9.84 Å². The first-order chi connectivity index (χ1) is 9.74. The molecule has 0 unspecified atom stereocenters. The lowest BCUT2D eigenvalue weighted by Crippen LogP contribution is -2.37. The van der Waals surface area contributed by atoms with Crippen molar-refractivity contribution in [2.75, 3.05) is 25.1 Å². The molecule has 4 N–H and O–H groups in total. The summed E-state index contributed by atoms with van der Waals surface area (Å²) >= 11 is 0. The average molecular weight is 313 g/mol. The Bertz CT molecular complexity index is 641. The topological polar surface area (TPSA) is 118 Å². The lowest BCUT2D eigenvalue weighted by molar-refractivity contribution is -0.120. The molecule has 0 atom stereocenters. The predicted octanol–water partition coefficient (Wildman–Crippen LogP) is -0.0717. The minimum absolute atomic E-state index is 0.0388. The lowest BCUT2D eigenvalue weighted by atomic mass is 10.2. The minimum atomic E-state index is -3.46. The van der Waals surface area contributed by atoms with Crippen LogP contribution in [0.15, 0.2) is 23.1 Å². The highest BCUT2D eigenvalue weighted by atomic mass is 32.2. The van der Waals surface area contributed by atoms with Crippen LogP contribution in [0.1, 0.15) is 23.7 Å². The van der Waals surface area contributed by atoms with E-state index in [0.717, 1.165) is 12.7 Å². The molecule has 0 aliphatic heterocycles. The fourth-order valence-corrected chi connectivity index (χ4v) is 2.25. The van der Waals surface area contributed by atoms with Gasteiger partial charge in [0.2, 0.25) is 5.91 Å². The molecular weight excluding hydrogens is 294 g/mol. The van der Waals surface area contributed by atoms with Gasteiger partial charge in [-0.1, -0.05) is 6.92 Å². The second-order valence-corrected chi connectivity index (χ2v) is 6.61. The van der Waals surface area contributed by atoms with Crippen LogP contribution in [0, 0.1) is 0 Å². The molecule has 0 heterocycles. The quantitative estimate of drug-likeness (QED) is 0.635. The Kier molecular flexibility index (Phi) is 5.71. The van der Waals surface area contributed by atoms with Gasteiger partial charge in [0, 0.05) is 24.1 Å². The second-order valence-electron chi connectivity index (χ2n) is 4.60. The van der Waals surface area contributed by atoms with E-state index in [1.54, 1.807) is 0 Å². The monoisotopic (exact) mass is 313 g/mol. The van der Waals surface area contributed by atoms with Gasteiger partial charge in [-0.15, -0.1) is 0 Å². The molecule has 7 nitrogen and oxygen atoms in total. The number of hydrogen-bond acceptors (Lipinski definition) is 5. The Morgan fingerprint density at radius 3 is 2.43 bits per heavy atom. The number of amides is 2. The molecular formula is C13H19N3O4S. The zero-order chi connectivity index (χ0) is 16.0. The molecule has 2 amide bonds. The highest BCUT2D eigenvalue weighted by Crippen LogP contribution is 2.16. The van der Waals surface area contributed by atoms with Crippen LogP contribution in [0.25, 0.3) is 0 Å². The van der Waals surface area contributed by atoms with Gasteiger partial charge in [0.25, 0.3) is 5.91 Å². The van der Waals surface area contributed by atoms with Crippen LogP contribution in [0.2, 0.25) is 0 Å². The van der Waals surface area contributed by atoms with Crippen LogP contribution in [-0.2, 0) is 14.6 Å². The van der Waals surface area contributed by atoms with Crippen LogP contribution < -0.4 is 16.4 Å². The van der Waals surface area contributed by atoms with E-state index in [9.17, 15) is 18.0 Å². The van der Waals surface area contributed by atoms with E-state index >= 15 is 0 Å². The number of rotatable bonds is 6. The SMILES string of the molecule is CCCNC(=O)CNC(=O)c1cc(N)cc(S(C)(=O)=O)c1. The molecule has 1 rings (SSSR count). The van der Waals surface area contributed by atoms with Crippen molar-refractivity contribution in [3.8, 4) is 0 Å². The molecule has 21 heavy (non-hydrogen) atoms. The highest BCUT2D eigenvalue weighted by molar-refractivity contribution is 7.90. The molecule has 0 saturated heterocycles. The molecule has 0 spiro atoms. The molecule has 0 aliphatic carbocycles. The van der Waals surface area contributed by atoms with Crippen molar-refractivity contribution in [2.24, 2.45) is 0 Å². The summed E-state index contributed by atoms with van der Waals surface area (Å²) in [5, 5.41) is 5.02. The van der Waals surface area contributed by atoms with Gasteiger partial charge in [0.05, 0.1) is 11.4 Å². The molecule has 8 heteroatoms.